The molecule has 2 atom stereocenters. The molecule has 1 heterocycles. The van der Waals surface area contributed by atoms with Crippen LogP contribution in [0.5, 0.6) is 0 Å². The van der Waals surface area contributed by atoms with E-state index in [9.17, 15) is 5.11 Å². The fourth-order valence-electron chi connectivity index (χ4n) is 4.02. The molecule has 2 aromatic rings. The highest BCUT2D eigenvalue weighted by molar-refractivity contribution is 6.99. The van der Waals surface area contributed by atoms with Gasteiger partial charge in [-0.3, -0.25) is 0 Å². The Morgan fingerprint density at radius 1 is 0.923 bits per heavy atom. The van der Waals surface area contributed by atoms with Crippen LogP contribution in [0.3, 0.4) is 0 Å². The van der Waals surface area contributed by atoms with Crippen LogP contribution in [0.15, 0.2) is 60.7 Å². The van der Waals surface area contributed by atoms with Crippen molar-refractivity contribution in [2.45, 2.75) is 50.9 Å². The summed E-state index contributed by atoms with van der Waals surface area (Å²) in [4.78, 5) is 0. The summed E-state index contributed by atoms with van der Waals surface area (Å²) in [6.45, 7) is 7.52. The predicted molar refractivity (Wildman–Crippen MR) is 109 cm³/mol. The number of ether oxygens (including phenoxy) is 1. The standard InChI is InChI=1S/C22H30O3Si/c1-22(2,3)26(20-10-6-4-7-11-20,21-12-8-5-9-13-21)24-17-19-15-14-18(16-23)25-19/h4-13,18-19,23H,14-17H2,1-3H3/t18-,19+/m1/s1. The lowest BCUT2D eigenvalue weighted by Crippen LogP contribution is -2.67. The van der Waals surface area contributed by atoms with Gasteiger partial charge in [-0.2, -0.15) is 0 Å². The maximum atomic E-state index is 9.34. The topological polar surface area (TPSA) is 38.7 Å². The van der Waals surface area contributed by atoms with Crippen molar-refractivity contribution in [3.63, 3.8) is 0 Å². The van der Waals surface area contributed by atoms with Crippen LogP contribution >= 0.6 is 0 Å². The average Bonchev–Trinajstić information content (AvgIpc) is 3.11. The molecule has 0 radical (unpaired) electrons. The molecule has 140 valence electrons. The molecule has 26 heavy (non-hydrogen) atoms. The average molecular weight is 371 g/mol. The Hall–Kier alpha value is -1.46. The lowest BCUT2D eigenvalue weighted by molar-refractivity contribution is -0.00885. The van der Waals surface area contributed by atoms with Crippen molar-refractivity contribution < 1.29 is 14.3 Å². The zero-order valence-corrected chi connectivity index (χ0v) is 17.0. The first-order valence-electron chi connectivity index (χ1n) is 9.48. The molecule has 0 aromatic heterocycles. The molecule has 1 saturated heterocycles. The van der Waals surface area contributed by atoms with Gasteiger partial charge in [0.1, 0.15) is 0 Å². The van der Waals surface area contributed by atoms with Crippen LogP contribution < -0.4 is 10.4 Å². The lowest BCUT2D eigenvalue weighted by atomic mass is 10.2. The van der Waals surface area contributed by atoms with E-state index in [-0.39, 0.29) is 23.9 Å². The summed E-state index contributed by atoms with van der Waals surface area (Å²) in [5.41, 5.74) is 0. The van der Waals surface area contributed by atoms with E-state index < -0.39 is 8.32 Å². The van der Waals surface area contributed by atoms with Gasteiger partial charge in [0.15, 0.2) is 0 Å². The first-order valence-corrected chi connectivity index (χ1v) is 11.4. The van der Waals surface area contributed by atoms with Gasteiger partial charge in [0.2, 0.25) is 0 Å². The quantitative estimate of drug-likeness (QED) is 0.794. The molecule has 3 rings (SSSR count). The van der Waals surface area contributed by atoms with Crippen LogP contribution in [0.1, 0.15) is 33.6 Å². The Kier molecular flexibility index (Phi) is 5.98. The zero-order valence-electron chi connectivity index (χ0n) is 16.0. The van der Waals surface area contributed by atoms with Crippen LogP contribution in [0, 0.1) is 0 Å². The van der Waals surface area contributed by atoms with Crippen molar-refractivity contribution in [3.05, 3.63) is 60.7 Å². The Morgan fingerprint density at radius 3 is 1.85 bits per heavy atom. The summed E-state index contributed by atoms with van der Waals surface area (Å²) in [5.74, 6) is 0. The van der Waals surface area contributed by atoms with Gasteiger partial charge < -0.3 is 14.3 Å². The van der Waals surface area contributed by atoms with Gasteiger partial charge in [-0.15, -0.1) is 0 Å². The fourth-order valence-corrected chi connectivity index (χ4v) is 8.61. The second-order valence-corrected chi connectivity index (χ2v) is 12.4. The van der Waals surface area contributed by atoms with Crippen LogP contribution in [-0.4, -0.2) is 38.8 Å². The smallest absolute Gasteiger partial charge is 0.261 e. The van der Waals surface area contributed by atoms with E-state index in [0.29, 0.717) is 6.61 Å². The minimum atomic E-state index is -2.49. The predicted octanol–water partition coefficient (Wildman–Crippen LogP) is 3.10. The molecule has 2 aromatic carbocycles. The summed E-state index contributed by atoms with van der Waals surface area (Å²) in [7, 11) is -2.49. The number of aliphatic hydroxyl groups is 1. The van der Waals surface area contributed by atoms with Gasteiger partial charge in [-0.1, -0.05) is 81.4 Å². The van der Waals surface area contributed by atoms with Gasteiger partial charge in [0.25, 0.3) is 8.32 Å². The summed E-state index contributed by atoms with van der Waals surface area (Å²) in [6, 6.07) is 21.3. The van der Waals surface area contributed by atoms with E-state index in [1.165, 1.54) is 10.4 Å². The van der Waals surface area contributed by atoms with E-state index in [2.05, 4.69) is 81.4 Å². The first kappa shape index (κ1) is 19.3. The monoisotopic (exact) mass is 370 g/mol. The molecular formula is C22H30O3Si. The number of rotatable bonds is 6. The molecule has 0 amide bonds. The van der Waals surface area contributed by atoms with E-state index in [0.717, 1.165) is 12.8 Å². The van der Waals surface area contributed by atoms with Crippen molar-refractivity contribution in [3.8, 4) is 0 Å². The normalized spacial score (nSPS) is 21.1. The molecule has 0 unspecified atom stereocenters. The Bertz CT molecular complexity index is 642. The van der Waals surface area contributed by atoms with Crippen LogP contribution in [0.25, 0.3) is 0 Å². The Labute approximate surface area is 158 Å². The summed E-state index contributed by atoms with van der Waals surface area (Å²) < 4.78 is 12.8. The summed E-state index contributed by atoms with van der Waals surface area (Å²) in [6.07, 6.45) is 1.88. The molecule has 1 aliphatic rings. The first-order chi connectivity index (χ1) is 12.5. The van der Waals surface area contributed by atoms with E-state index in [1.54, 1.807) is 0 Å². The molecule has 3 nitrogen and oxygen atoms in total. The van der Waals surface area contributed by atoms with Crippen molar-refractivity contribution in [2.75, 3.05) is 13.2 Å². The summed E-state index contributed by atoms with van der Waals surface area (Å²) in [5, 5.41) is 11.9. The minimum absolute atomic E-state index is 0.0231. The third kappa shape index (κ3) is 3.79. The number of hydrogen-bond acceptors (Lipinski definition) is 3. The number of hydrogen-bond donors (Lipinski definition) is 1. The molecule has 0 aliphatic carbocycles. The maximum Gasteiger partial charge on any atom is 0.261 e. The molecular weight excluding hydrogens is 340 g/mol. The SMILES string of the molecule is CC(C)(C)[Si](OC[C@@H]1CC[C@H](CO)O1)(c1ccccc1)c1ccccc1. The van der Waals surface area contributed by atoms with Crippen molar-refractivity contribution in [1.82, 2.24) is 0 Å². The van der Waals surface area contributed by atoms with E-state index in [1.807, 2.05) is 0 Å². The highest BCUT2D eigenvalue weighted by atomic mass is 28.4. The highest BCUT2D eigenvalue weighted by Crippen LogP contribution is 2.37. The maximum absolute atomic E-state index is 9.34. The van der Waals surface area contributed by atoms with Crippen LogP contribution in [0.2, 0.25) is 5.04 Å². The third-order valence-corrected chi connectivity index (χ3v) is 10.3. The molecule has 4 heteroatoms. The van der Waals surface area contributed by atoms with Gasteiger partial charge in [0.05, 0.1) is 25.4 Å². The van der Waals surface area contributed by atoms with E-state index in [4.69, 9.17) is 9.16 Å². The summed E-state index contributed by atoms with van der Waals surface area (Å²) >= 11 is 0. The second-order valence-electron chi connectivity index (χ2n) is 8.11. The molecule has 1 aliphatic heterocycles. The van der Waals surface area contributed by atoms with Gasteiger partial charge in [0, 0.05) is 0 Å². The molecule has 1 N–H and O–H groups in total. The van der Waals surface area contributed by atoms with Crippen molar-refractivity contribution in [2.24, 2.45) is 0 Å². The molecule has 0 spiro atoms. The highest BCUT2D eigenvalue weighted by Gasteiger charge is 2.50. The Morgan fingerprint density at radius 2 is 1.42 bits per heavy atom. The molecule has 1 fully saturated rings. The second kappa shape index (κ2) is 8.05. The van der Waals surface area contributed by atoms with Gasteiger partial charge >= 0.3 is 0 Å². The minimum Gasteiger partial charge on any atom is -0.405 e. The molecule has 0 saturated carbocycles. The lowest BCUT2D eigenvalue weighted by Gasteiger charge is -2.43. The molecule has 0 bridgehead atoms. The fraction of sp³-hybridized carbons (Fsp3) is 0.455. The Balaban J connectivity index is 1.98. The number of aliphatic hydroxyl groups excluding tert-OH is 1. The number of benzene rings is 2. The zero-order chi connectivity index (χ0) is 18.6. The third-order valence-electron chi connectivity index (χ3n) is 5.30. The van der Waals surface area contributed by atoms with Crippen LogP contribution in [0.4, 0.5) is 0 Å². The van der Waals surface area contributed by atoms with Crippen molar-refractivity contribution in [1.29, 1.82) is 0 Å². The van der Waals surface area contributed by atoms with Crippen LogP contribution in [-0.2, 0) is 9.16 Å². The van der Waals surface area contributed by atoms with Gasteiger partial charge in [-0.05, 0) is 28.3 Å². The largest absolute Gasteiger partial charge is 0.405 e. The van der Waals surface area contributed by atoms with E-state index >= 15 is 0 Å². The van der Waals surface area contributed by atoms with Gasteiger partial charge in [-0.25, -0.2) is 0 Å². The van der Waals surface area contributed by atoms with Crippen molar-refractivity contribution >= 4 is 18.7 Å².